The van der Waals surface area contributed by atoms with Gasteiger partial charge in [0.05, 0.1) is 68.7 Å². The molecule has 0 rings (SSSR count). The smallest absolute Gasteiger partial charge is 0.0955 e. The Morgan fingerprint density at radius 1 is 0.538 bits per heavy atom. The third kappa shape index (κ3) is 21.0. The second kappa shape index (κ2) is 14.6. The predicted molar refractivity (Wildman–Crippen MR) is 118 cm³/mol. The first-order valence-electron chi connectivity index (χ1n) is 9.11. The lowest BCUT2D eigenvalue weighted by molar-refractivity contribution is 0.452. The molecule has 0 saturated carbocycles. The van der Waals surface area contributed by atoms with E-state index in [1.54, 1.807) is 0 Å². The van der Waals surface area contributed by atoms with E-state index in [1.165, 1.54) is 37.0 Å². The van der Waals surface area contributed by atoms with E-state index in [1.807, 2.05) is 0 Å². The molecule has 0 aromatic carbocycles. The van der Waals surface area contributed by atoms with E-state index in [2.05, 4.69) is 54.9 Å². The SMILES string of the molecule is CC[P+](C)(CC)CC.CC[P+](C)(CC)CC.O=S(=O)([O-])CCS(=O)(=O)[O-]. The molecule has 0 aliphatic heterocycles. The zero-order chi connectivity index (χ0) is 21.7. The second-order valence-corrected chi connectivity index (χ2v) is 20.0. The topological polar surface area (TPSA) is 114 Å². The van der Waals surface area contributed by atoms with E-state index in [-0.39, 0.29) is 0 Å². The molecular weight excluding hydrogens is 414 g/mol. The molecular formula is C16H40O6P2S2. The van der Waals surface area contributed by atoms with Gasteiger partial charge in [0.2, 0.25) is 0 Å². The highest BCUT2D eigenvalue weighted by Gasteiger charge is 2.23. The average molecular weight is 455 g/mol. The van der Waals surface area contributed by atoms with Crippen molar-refractivity contribution in [1.82, 2.24) is 0 Å². The molecule has 0 unspecified atom stereocenters. The van der Waals surface area contributed by atoms with E-state index in [0.29, 0.717) is 0 Å². The average Bonchev–Trinajstić information content (AvgIpc) is 2.58. The summed E-state index contributed by atoms with van der Waals surface area (Å²) in [4.78, 5) is 0. The molecule has 0 atom stereocenters. The van der Waals surface area contributed by atoms with Crippen molar-refractivity contribution in [2.24, 2.45) is 0 Å². The molecule has 0 aromatic rings. The maximum atomic E-state index is 9.72. The minimum Gasteiger partial charge on any atom is -0.748 e. The van der Waals surface area contributed by atoms with E-state index in [9.17, 15) is 25.9 Å². The van der Waals surface area contributed by atoms with Crippen LogP contribution in [0.15, 0.2) is 0 Å². The van der Waals surface area contributed by atoms with Gasteiger partial charge in [0.25, 0.3) is 0 Å². The Hall–Kier alpha value is 0.680. The van der Waals surface area contributed by atoms with E-state index >= 15 is 0 Å². The fraction of sp³-hybridized carbons (Fsp3) is 1.00. The highest BCUT2D eigenvalue weighted by molar-refractivity contribution is 7.89. The quantitative estimate of drug-likeness (QED) is 0.389. The van der Waals surface area contributed by atoms with Crippen LogP contribution in [0.5, 0.6) is 0 Å². The van der Waals surface area contributed by atoms with Crippen LogP contribution >= 0.6 is 14.5 Å². The van der Waals surface area contributed by atoms with Gasteiger partial charge >= 0.3 is 0 Å². The third-order valence-electron chi connectivity index (χ3n) is 5.16. The van der Waals surface area contributed by atoms with Crippen LogP contribution in [0.3, 0.4) is 0 Å². The van der Waals surface area contributed by atoms with Crippen molar-refractivity contribution in [3.05, 3.63) is 0 Å². The van der Waals surface area contributed by atoms with Crippen LogP contribution in [0.1, 0.15) is 41.5 Å². The molecule has 10 heteroatoms. The molecule has 6 nitrogen and oxygen atoms in total. The van der Waals surface area contributed by atoms with Gasteiger partial charge < -0.3 is 9.11 Å². The summed E-state index contributed by atoms with van der Waals surface area (Å²) in [6.07, 6.45) is 8.58. The fourth-order valence-corrected chi connectivity index (χ4v) is 5.86. The van der Waals surface area contributed by atoms with Crippen molar-refractivity contribution < 1.29 is 25.9 Å². The summed E-state index contributed by atoms with van der Waals surface area (Å²) in [6, 6.07) is 0. The molecule has 0 bridgehead atoms. The first-order valence-corrected chi connectivity index (χ1v) is 17.9. The molecule has 0 amide bonds. The minimum absolute atomic E-state index is 0.412. The van der Waals surface area contributed by atoms with Gasteiger partial charge in [-0.25, -0.2) is 16.8 Å². The molecule has 0 aromatic heterocycles. The summed E-state index contributed by atoms with van der Waals surface area (Å²) < 4.78 is 58.3. The Morgan fingerprint density at radius 3 is 0.731 bits per heavy atom. The van der Waals surface area contributed by atoms with Gasteiger partial charge in [-0.15, -0.1) is 0 Å². The summed E-state index contributed by atoms with van der Waals surface area (Å²) in [6.45, 7) is 18.9. The molecule has 0 fully saturated rings. The summed E-state index contributed by atoms with van der Waals surface area (Å²) in [7, 11) is -10.00. The van der Waals surface area contributed by atoms with Crippen molar-refractivity contribution >= 4 is 34.8 Å². The normalized spacial score (nSPS) is 12.5. The lowest BCUT2D eigenvalue weighted by Crippen LogP contribution is -2.15. The first-order chi connectivity index (χ1) is 11.6. The van der Waals surface area contributed by atoms with Gasteiger partial charge in [-0.2, -0.15) is 0 Å². The molecule has 0 saturated heterocycles. The van der Waals surface area contributed by atoms with Gasteiger partial charge in [0.1, 0.15) is 0 Å². The maximum Gasteiger partial charge on any atom is 0.0955 e. The lowest BCUT2D eigenvalue weighted by Gasteiger charge is -2.16. The Bertz CT molecular complexity index is 473. The van der Waals surface area contributed by atoms with Gasteiger partial charge in [0.15, 0.2) is 0 Å². The van der Waals surface area contributed by atoms with Crippen LogP contribution in [0.25, 0.3) is 0 Å². The molecule has 26 heavy (non-hydrogen) atoms. The van der Waals surface area contributed by atoms with Gasteiger partial charge in [-0.1, -0.05) is 0 Å². The molecule has 0 aliphatic carbocycles. The molecule has 162 valence electrons. The fourth-order valence-electron chi connectivity index (χ4n) is 1.55. The molecule has 0 radical (unpaired) electrons. The first kappa shape index (κ1) is 31.4. The maximum absolute atomic E-state index is 9.72. The van der Waals surface area contributed by atoms with Crippen molar-refractivity contribution in [2.45, 2.75) is 41.5 Å². The molecule has 0 spiro atoms. The van der Waals surface area contributed by atoms with Gasteiger partial charge in [-0.05, 0) is 41.5 Å². The standard InChI is InChI=1S/2C7H18P.C2H6O6S2/c2*1-5-8(4,6-2)7-3;3-9(4,5)1-2-10(6,7)8/h2*5-7H2,1-4H3;1-2H2,(H,3,4,5)(H,6,7,8)/q2*+1;/p-2. The Morgan fingerprint density at radius 2 is 0.692 bits per heavy atom. The van der Waals surface area contributed by atoms with Crippen molar-refractivity contribution in [2.75, 3.05) is 61.8 Å². The number of rotatable bonds is 9. The summed E-state index contributed by atoms with van der Waals surface area (Å²) in [5, 5.41) is 0. The minimum atomic E-state index is -4.59. The highest BCUT2D eigenvalue weighted by atomic mass is 32.2. The van der Waals surface area contributed by atoms with Crippen LogP contribution < -0.4 is 0 Å². The number of hydrogen-bond acceptors (Lipinski definition) is 6. The third-order valence-corrected chi connectivity index (χ3v) is 16.0. The monoisotopic (exact) mass is 454 g/mol. The second-order valence-electron chi connectivity index (χ2n) is 6.66. The van der Waals surface area contributed by atoms with Crippen LogP contribution in [0.4, 0.5) is 0 Å². The van der Waals surface area contributed by atoms with E-state index < -0.39 is 46.3 Å². The Labute approximate surface area is 164 Å². The largest absolute Gasteiger partial charge is 0.748 e. The predicted octanol–water partition coefficient (Wildman–Crippen LogP) is 3.46. The van der Waals surface area contributed by atoms with Gasteiger partial charge in [0, 0.05) is 27.9 Å². The van der Waals surface area contributed by atoms with Gasteiger partial charge in [-0.3, -0.25) is 0 Å². The van der Waals surface area contributed by atoms with Crippen molar-refractivity contribution in [1.29, 1.82) is 0 Å². The van der Waals surface area contributed by atoms with E-state index in [4.69, 9.17) is 0 Å². The van der Waals surface area contributed by atoms with Crippen molar-refractivity contribution in [3.8, 4) is 0 Å². The molecule has 0 aliphatic rings. The van der Waals surface area contributed by atoms with Crippen LogP contribution in [-0.4, -0.2) is 87.7 Å². The zero-order valence-corrected chi connectivity index (χ0v) is 21.2. The Balaban J connectivity index is -0.000000308. The van der Waals surface area contributed by atoms with E-state index in [0.717, 1.165) is 0 Å². The Kier molecular flexibility index (Phi) is 17.7. The zero-order valence-electron chi connectivity index (χ0n) is 17.8. The lowest BCUT2D eigenvalue weighted by atomic mass is 10.9. The molecule has 0 heterocycles. The number of hydrogen-bond donors (Lipinski definition) is 0. The highest BCUT2D eigenvalue weighted by Crippen LogP contribution is 2.53. The summed E-state index contributed by atoms with van der Waals surface area (Å²) in [5.74, 6) is -2.31. The van der Waals surface area contributed by atoms with Crippen molar-refractivity contribution in [3.63, 3.8) is 0 Å². The summed E-state index contributed by atoms with van der Waals surface area (Å²) in [5.41, 5.74) is 0. The van der Waals surface area contributed by atoms with Crippen LogP contribution in [0.2, 0.25) is 0 Å². The molecule has 0 N–H and O–H groups in total. The van der Waals surface area contributed by atoms with Crippen LogP contribution in [0, 0.1) is 0 Å². The van der Waals surface area contributed by atoms with Crippen LogP contribution in [-0.2, 0) is 20.2 Å². The summed E-state index contributed by atoms with van der Waals surface area (Å²) >= 11 is 0.